The van der Waals surface area contributed by atoms with Crippen LogP contribution in [-0.2, 0) is 24.3 Å². The van der Waals surface area contributed by atoms with Crippen LogP contribution in [0.1, 0.15) is 13.8 Å². The summed E-state index contributed by atoms with van der Waals surface area (Å²) in [5.41, 5.74) is 0. The van der Waals surface area contributed by atoms with Gasteiger partial charge in [-0.1, -0.05) is 38.1 Å². The molecule has 0 aromatic heterocycles. The smallest absolute Gasteiger partial charge is 0.324 e. The van der Waals surface area contributed by atoms with E-state index in [2.05, 4.69) is 16.6 Å². The Balaban J connectivity index is 2.75. The number of carbonyl (C=O) groups excluding carboxylic acids is 2. The second kappa shape index (κ2) is 9.19. The third kappa shape index (κ3) is 6.13. The maximum Gasteiger partial charge on any atom is 0.324 e. The normalized spacial score (nSPS) is 12.5. The van der Waals surface area contributed by atoms with Gasteiger partial charge in [0.15, 0.2) is 6.61 Å². The van der Waals surface area contributed by atoms with Crippen molar-refractivity contribution in [2.75, 3.05) is 13.2 Å². The van der Waals surface area contributed by atoms with E-state index in [1.165, 1.54) is 18.2 Å². The predicted molar refractivity (Wildman–Crippen MR) is 89.6 cm³/mol. The zero-order valence-corrected chi connectivity index (χ0v) is 14.5. The highest BCUT2D eigenvalue weighted by atomic mass is 32.2. The van der Waals surface area contributed by atoms with Crippen LogP contribution in [-0.4, -0.2) is 39.5 Å². The van der Waals surface area contributed by atoms with Crippen LogP contribution in [0.5, 0.6) is 0 Å². The molecule has 24 heavy (non-hydrogen) atoms. The molecule has 0 aliphatic rings. The fraction of sp³-hybridized carbons (Fsp3) is 0.375. The molecule has 0 saturated heterocycles. The second-order valence-electron chi connectivity index (χ2n) is 5.36. The summed E-state index contributed by atoms with van der Waals surface area (Å²) in [6, 6.07) is 6.61. The minimum atomic E-state index is -3.87. The van der Waals surface area contributed by atoms with Crippen molar-refractivity contribution in [1.29, 1.82) is 0 Å². The van der Waals surface area contributed by atoms with Crippen LogP contribution in [0, 0.1) is 5.92 Å². The minimum absolute atomic E-state index is 0.0483. The molecule has 0 radical (unpaired) electrons. The third-order valence-electron chi connectivity index (χ3n) is 3.05. The summed E-state index contributed by atoms with van der Waals surface area (Å²) in [6.07, 6.45) is 1.49. The third-order valence-corrected chi connectivity index (χ3v) is 4.50. The lowest BCUT2D eigenvalue weighted by Crippen LogP contribution is -2.46. The largest absolute Gasteiger partial charge is 0.454 e. The van der Waals surface area contributed by atoms with E-state index in [1.54, 1.807) is 32.0 Å². The summed E-state index contributed by atoms with van der Waals surface area (Å²) < 4.78 is 31.9. The molecule has 7 nitrogen and oxygen atoms in total. The van der Waals surface area contributed by atoms with Gasteiger partial charge in [-0.25, -0.2) is 8.42 Å². The number of ether oxygens (including phenoxy) is 1. The van der Waals surface area contributed by atoms with E-state index in [-0.39, 0.29) is 17.4 Å². The number of amides is 1. The van der Waals surface area contributed by atoms with Gasteiger partial charge in [0.25, 0.3) is 5.91 Å². The first-order valence-electron chi connectivity index (χ1n) is 7.39. The van der Waals surface area contributed by atoms with Crippen molar-refractivity contribution in [2.45, 2.75) is 24.8 Å². The summed E-state index contributed by atoms with van der Waals surface area (Å²) in [5.74, 6) is -1.65. The Morgan fingerprint density at radius 3 is 2.42 bits per heavy atom. The van der Waals surface area contributed by atoms with Crippen LogP contribution in [0.25, 0.3) is 0 Å². The summed E-state index contributed by atoms with van der Waals surface area (Å²) in [7, 11) is -3.87. The lowest BCUT2D eigenvalue weighted by Gasteiger charge is -2.20. The van der Waals surface area contributed by atoms with Crippen LogP contribution in [0.2, 0.25) is 0 Å². The molecule has 1 aromatic carbocycles. The van der Waals surface area contributed by atoms with E-state index in [1.807, 2.05) is 0 Å². The summed E-state index contributed by atoms with van der Waals surface area (Å²) in [6.45, 7) is 6.58. The molecule has 1 aromatic rings. The topological polar surface area (TPSA) is 102 Å². The zero-order chi connectivity index (χ0) is 18.2. The molecule has 0 spiro atoms. The van der Waals surface area contributed by atoms with E-state index in [0.29, 0.717) is 0 Å². The van der Waals surface area contributed by atoms with Gasteiger partial charge >= 0.3 is 5.97 Å². The first-order chi connectivity index (χ1) is 11.3. The Hall–Kier alpha value is -2.19. The van der Waals surface area contributed by atoms with Crippen molar-refractivity contribution in [2.24, 2.45) is 5.92 Å². The molecular weight excluding hydrogens is 332 g/mol. The van der Waals surface area contributed by atoms with Crippen LogP contribution in [0.3, 0.4) is 0 Å². The Bertz CT molecular complexity index is 671. The molecule has 0 bridgehead atoms. The molecule has 1 atom stereocenters. The summed E-state index contributed by atoms with van der Waals surface area (Å²) in [5, 5.41) is 2.46. The quantitative estimate of drug-likeness (QED) is 0.505. The fourth-order valence-corrected chi connectivity index (χ4v) is 3.11. The number of hydrogen-bond acceptors (Lipinski definition) is 5. The first-order valence-corrected chi connectivity index (χ1v) is 8.88. The van der Waals surface area contributed by atoms with Crippen molar-refractivity contribution in [3.8, 4) is 0 Å². The second-order valence-corrected chi connectivity index (χ2v) is 7.07. The zero-order valence-electron chi connectivity index (χ0n) is 13.7. The summed E-state index contributed by atoms with van der Waals surface area (Å²) >= 11 is 0. The van der Waals surface area contributed by atoms with Gasteiger partial charge < -0.3 is 10.1 Å². The van der Waals surface area contributed by atoms with Crippen LogP contribution in [0.15, 0.2) is 47.9 Å². The number of rotatable bonds is 9. The minimum Gasteiger partial charge on any atom is -0.454 e. The van der Waals surface area contributed by atoms with Crippen molar-refractivity contribution in [1.82, 2.24) is 10.0 Å². The average Bonchev–Trinajstić information content (AvgIpc) is 2.56. The van der Waals surface area contributed by atoms with Gasteiger partial charge in [-0.15, -0.1) is 6.58 Å². The molecule has 0 fully saturated rings. The molecule has 0 saturated carbocycles. The lowest BCUT2D eigenvalue weighted by atomic mass is 10.1. The van der Waals surface area contributed by atoms with Gasteiger partial charge in [0.05, 0.1) is 4.90 Å². The lowest BCUT2D eigenvalue weighted by molar-refractivity contribution is -0.151. The van der Waals surface area contributed by atoms with Crippen molar-refractivity contribution < 1.29 is 22.7 Å². The Labute approximate surface area is 142 Å². The van der Waals surface area contributed by atoms with Crippen LogP contribution in [0.4, 0.5) is 0 Å². The number of nitrogens with one attached hydrogen (secondary N) is 2. The number of carbonyl (C=O) groups is 2. The number of esters is 1. The van der Waals surface area contributed by atoms with Crippen molar-refractivity contribution in [3.05, 3.63) is 43.0 Å². The number of hydrogen-bond donors (Lipinski definition) is 2. The van der Waals surface area contributed by atoms with Crippen LogP contribution < -0.4 is 10.0 Å². The highest BCUT2D eigenvalue weighted by molar-refractivity contribution is 7.89. The fourth-order valence-electron chi connectivity index (χ4n) is 1.75. The van der Waals surface area contributed by atoms with E-state index < -0.39 is 34.5 Å². The van der Waals surface area contributed by atoms with Gasteiger partial charge in [0, 0.05) is 6.54 Å². The molecule has 1 rings (SSSR count). The highest BCUT2D eigenvalue weighted by Crippen LogP contribution is 2.12. The van der Waals surface area contributed by atoms with Gasteiger partial charge in [-0.3, -0.25) is 9.59 Å². The molecule has 132 valence electrons. The van der Waals surface area contributed by atoms with E-state index in [4.69, 9.17) is 4.74 Å². The van der Waals surface area contributed by atoms with E-state index in [9.17, 15) is 18.0 Å². The van der Waals surface area contributed by atoms with Crippen molar-refractivity contribution in [3.63, 3.8) is 0 Å². The maximum absolute atomic E-state index is 12.3. The van der Waals surface area contributed by atoms with Crippen LogP contribution >= 0.6 is 0 Å². The monoisotopic (exact) mass is 354 g/mol. The van der Waals surface area contributed by atoms with Crippen molar-refractivity contribution >= 4 is 21.9 Å². The predicted octanol–water partition coefficient (Wildman–Crippen LogP) is 0.835. The average molecular weight is 354 g/mol. The molecule has 1 unspecified atom stereocenters. The number of benzene rings is 1. The molecule has 0 aliphatic carbocycles. The van der Waals surface area contributed by atoms with Gasteiger partial charge in [0.2, 0.25) is 10.0 Å². The van der Waals surface area contributed by atoms with E-state index >= 15 is 0 Å². The van der Waals surface area contributed by atoms with Gasteiger partial charge in [0.1, 0.15) is 6.04 Å². The SMILES string of the molecule is C=CCNC(=O)COC(=O)C(NS(=O)(=O)c1ccccc1)C(C)C. The molecular formula is C16H22N2O5S. The first kappa shape index (κ1) is 19.9. The van der Waals surface area contributed by atoms with Gasteiger partial charge in [-0.2, -0.15) is 4.72 Å². The standard InChI is InChI=1S/C16H22N2O5S/c1-4-10-17-14(19)11-23-16(20)15(12(2)3)18-24(21,22)13-8-6-5-7-9-13/h4-9,12,15,18H,1,10-11H2,2-3H3,(H,17,19). The highest BCUT2D eigenvalue weighted by Gasteiger charge is 2.29. The van der Waals surface area contributed by atoms with E-state index in [0.717, 1.165) is 0 Å². The Kier molecular flexibility index (Phi) is 7.60. The molecule has 1 amide bonds. The number of sulfonamides is 1. The van der Waals surface area contributed by atoms with Gasteiger partial charge in [-0.05, 0) is 18.1 Å². The Morgan fingerprint density at radius 1 is 1.25 bits per heavy atom. The molecule has 2 N–H and O–H groups in total. The molecule has 8 heteroatoms. The molecule has 0 heterocycles. The Morgan fingerprint density at radius 2 is 1.88 bits per heavy atom. The maximum atomic E-state index is 12.3. The summed E-state index contributed by atoms with van der Waals surface area (Å²) in [4.78, 5) is 23.6. The molecule has 0 aliphatic heterocycles.